The highest BCUT2D eigenvalue weighted by molar-refractivity contribution is 4.72. The van der Waals surface area contributed by atoms with Gasteiger partial charge in [-0.25, -0.2) is 10.4 Å². The van der Waals surface area contributed by atoms with Crippen molar-refractivity contribution >= 4 is 0 Å². The van der Waals surface area contributed by atoms with Gasteiger partial charge in [-0.15, -0.1) is 0 Å². The Morgan fingerprint density at radius 3 is 2.57 bits per heavy atom. The maximum atomic E-state index is 8.33. The molecule has 0 amide bonds. The smallest absolute Gasteiger partial charge is 0.0882 e. The first-order chi connectivity index (χ1) is 3.34. The largest absolute Gasteiger partial charge is 0.396 e. The van der Waals surface area contributed by atoms with Crippen LogP contribution in [0.15, 0.2) is 0 Å². The number of hydrogen-bond donors (Lipinski definition) is 2. The summed E-state index contributed by atoms with van der Waals surface area (Å²) in [6.45, 7) is 0.280. The van der Waals surface area contributed by atoms with Crippen molar-refractivity contribution in [2.24, 2.45) is 0 Å². The third kappa shape index (κ3) is 1.12. The Balaban J connectivity index is 1.98. The minimum absolute atomic E-state index is 0.280. The van der Waals surface area contributed by atoms with Gasteiger partial charge in [-0.3, -0.25) is 0 Å². The molecule has 2 unspecified atom stereocenters. The van der Waals surface area contributed by atoms with Crippen molar-refractivity contribution in [3.63, 3.8) is 0 Å². The summed E-state index contributed by atoms with van der Waals surface area (Å²) in [5.41, 5.74) is 3.01. The summed E-state index contributed by atoms with van der Waals surface area (Å²) in [6.07, 6.45) is 1.29. The van der Waals surface area contributed by atoms with Gasteiger partial charge >= 0.3 is 0 Å². The molecule has 1 aliphatic heterocycles. The highest BCUT2D eigenvalue weighted by Crippen LogP contribution is 2.06. The molecular weight excluding hydrogens is 92.1 g/mol. The Kier molecular flexibility index (Phi) is 1.27. The predicted molar refractivity (Wildman–Crippen MR) is 26.4 cm³/mol. The van der Waals surface area contributed by atoms with Gasteiger partial charge in [0.15, 0.2) is 0 Å². The summed E-state index contributed by atoms with van der Waals surface area (Å²) in [7, 11) is 1.96. The number of nitrogens with one attached hydrogen (secondary N) is 1. The lowest BCUT2D eigenvalue weighted by molar-refractivity contribution is 0.281. The summed E-state index contributed by atoms with van der Waals surface area (Å²) in [4.78, 5) is 0. The van der Waals surface area contributed by atoms with Gasteiger partial charge in [-0.1, -0.05) is 0 Å². The SMILES string of the molecule is CN1NC1CCO. The molecule has 0 aromatic rings. The van der Waals surface area contributed by atoms with E-state index >= 15 is 0 Å². The zero-order chi connectivity index (χ0) is 5.28. The van der Waals surface area contributed by atoms with E-state index in [0.717, 1.165) is 6.42 Å². The van der Waals surface area contributed by atoms with E-state index in [-0.39, 0.29) is 6.61 Å². The number of aliphatic hydroxyl groups excluding tert-OH is 1. The first-order valence-corrected chi connectivity index (χ1v) is 2.44. The second-order valence-corrected chi connectivity index (χ2v) is 1.77. The zero-order valence-corrected chi connectivity index (χ0v) is 4.39. The summed E-state index contributed by atoms with van der Waals surface area (Å²) in [5.74, 6) is 0. The lowest BCUT2D eigenvalue weighted by Crippen LogP contribution is -1.96. The monoisotopic (exact) mass is 102 g/mol. The van der Waals surface area contributed by atoms with Gasteiger partial charge in [-0.05, 0) is 0 Å². The molecule has 2 atom stereocenters. The van der Waals surface area contributed by atoms with Gasteiger partial charge in [0, 0.05) is 20.1 Å². The second-order valence-electron chi connectivity index (χ2n) is 1.77. The summed E-state index contributed by atoms with van der Waals surface area (Å²) in [6, 6.07) is 0. The number of aliphatic hydroxyl groups is 1. The molecule has 0 aromatic carbocycles. The Bertz CT molecular complexity index is 66.7. The predicted octanol–water partition coefficient (Wildman–Crippen LogP) is -0.855. The lowest BCUT2D eigenvalue weighted by atomic mass is 10.4. The third-order valence-electron chi connectivity index (χ3n) is 1.15. The van der Waals surface area contributed by atoms with Crippen molar-refractivity contribution < 1.29 is 5.11 Å². The normalized spacial score (nSPS) is 38.6. The Morgan fingerprint density at radius 2 is 2.43 bits per heavy atom. The lowest BCUT2D eigenvalue weighted by Gasteiger charge is -1.84. The van der Waals surface area contributed by atoms with E-state index < -0.39 is 0 Å². The van der Waals surface area contributed by atoms with E-state index in [4.69, 9.17) is 5.11 Å². The average molecular weight is 102 g/mol. The van der Waals surface area contributed by atoms with Crippen LogP contribution in [-0.4, -0.2) is 29.9 Å². The van der Waals surface area contributed by atoms with E-state index in [2.05, 4.69) is 5.43 Å². The molecule has 0 aliphatic carbocycles. The van der Waals surface area contributed by atoms with E-state index in [9.17, 15) is 0 Å². The molecular formula is C4H10N2O. The maximum absolute atomic E-state index is 8.33. The van der Waals surface area contributed by atoms with E-state index in [0.29, 0.717) is 6.17 Å². The van der Waals surface area contributed by atoms with Gasteiger partial charge in [0.25, 0.3) is 0 Å². The summed E-state index contributed by atoms with van der Waals surface area (Å²) < 4.78 is 0. The second kappa shape index (κ2) is 1.78. The van der Waals surface area contributed by atoms with Crippen molar-refractivity contribution in [3.8, 4) is 0 Å². The van der Waals surface area contributed by atoms with Crippen molar-refractivity contribution in [1.29, 1.82) is 0 Å². The van der Waals surface area contributed by atoms with Crippen LogP contribution in [0.4, 0.5) is 0 Å². The van der Waals surface area contributed by atoms with Crippen LogP contribution in [0.5, 0.6) is 0 Å². The minimum Gasteiger partial charge on any atom is -0.396 e. The molecule has 0 spiro atoms. The van der Waals surface area contributed by atoms with Crippen molar-refractivity contribution in [2.75, 3.05) is 13.7 Å². The highest BCUT2D eigenvalue weighted by Gasteiger charge is 2.26. The van der Waals surface area contributed by atoms with Gasteiger partial charge < -0.3 is 5.11 Å². The first-order valence-electron chi connectivity index (χ1n) is 2.44. The molecule has 1 heterocycles. The van der Waals surface area contributed by atoms with Crippen molar-refractivity contribution in [1.82, 2.24) is 10.4 Å². The molecule has 0 radical (unpaired) electrons. The average Bonchev–Trinajstić information content (AvgIpc) is 2.22. The standard InChI is InChI=1S/C4H10N2O/c1-6-4(5-6)2-3-7/h4-5,7H,2-3H2,1H3. The minimum atomic E-state index is 0.280. The molecule has 3 heteroatoms. The van der Waals surface area contributed by atoms with Crippen LogP contribution < -0.4 is 5.43 Å². The van der Waals surface area contributed by atoms with E-state index in [1.165, 1.54) is 0 Å². The van der Waals surface area contributed by atoms with Gasteiger partial charge in [0.05, 0.1) is 6.17 Å². The Labute approximate surface area is 42.9 Å². The molecule has 1 saturated heterocycles. The molecule has 0 saturated carbocycles. The first kappa shape index (κ1) is 5.03. The highest BCUT2D eigenvalue weighted by atomic mass is 16.3. The molecule has 0 bridgehead atoms. The number of hydrazine groups is 1. The summed E-state index contributed by atoms with van der Waals surface area (Å²) >= 11 is 0. The molecule has 42 valence electrons. The molecule has 2 N–H and O–H groups in total. The summed E-state index contributed by atoms with van der Waals surface area (Å²) in [5, 5.41) is 10.3. The van der Waals surface area contributed by atoms with Crippen LogP contribution in [0, 0.1) is 0 Å². The molecule has 3 nitrogen and oxygen atoms in total. The van der Waals surface area contributed by atoms with Crippen LogP contribution in [0.2, 0.25) is 0 Å². The molecule has 1 rings (SSSR count). The van der Waals surface area contributed by atoms with Gasteiger partial charge in [0.2, 0.25) is 0 Å². The van der Waals surface area contributed by atoms with Gasteiger partial charge in [0.1, 0.15) is 0 Å². The Hall–Kier alpha value is -0.120. The zero-order valence-electron chi connectivity index (χ0n) is 4.39. The quantitative estimate of drug-likeness (QED) is 0.446. The topological polar surface area (TPSA) is 45.2 Å². The van der Waals surface area contributed by atoms with Crippen LogP contribution in [0.1, 0.15) is 6.42 Å². The fraction of sp³-hybridized carbons (Fsp3) is 1.00. The number of hydrogen-bond acceptors (Lipinski definition) is 3. The van der Waals surface area contributed by atoms with Crippen molar-refractivity contribution in [3.05, 3.63) is 0 Å². The van der Waals surface area contributed by atoms with E-state index in [1.54, 1.807) is 0 Å². The fourth-order valence-corrected chi connectivity index (χ4v) is 0.582. The van der Waals surface area contributed by atoms with Crippen molar-refractivity contribution in [2.45, 2.75) is 12.6 Å². The van der Waals surface area contributed by atoms with Crippen LogP contribution >= 0.6 is 0 Å². The molecule has 1 fully saturated rings. The van der Waals surface area contributed by atoms with Crippen LogP contribution in [0.25, 0.3) is 0 Å². The Morgan fingerprint density at radius 1 is 1.86 bits per heavy atom. The molecule has 7 heavy (non-hydrogen) atoms. The van der Waals surface area contributed by atoms with Crippen LogP contribution in [0.3, 0.4) is 0 Å². The fourth-order valence-electron chi connectivity index (χ4n) is 0.582. The van der Waals surface area contributed by atoms with Gasteiger partial charge in [-0.2, -0.15) is 0 Å². The number of nitrogens with zero attached hydrogens (tertiary/aromatic N) is 1. The third-order valence-corrected chi connectivity index (χ3v) is 1.15. The maximum Gasteiger partial charge on any atom is 0.0882 e. The molecule has 1 aliphatic rings. The molecule has 0 aromatic heterocycles. The van der Waals surface area contributed by atoms with E-state index in [1.807, 2.05) is 12.1 Å². The number of rotatable bonds is 2. The van der Waals surface area contributed by atoms with Crippen LogP contribution in [-0.2, 0) is 0 Å².